The average molecular weight is 306 g/mol. The van der Waals surface area contributed by atoms with E-state index in [0.29, 0.717) is 39.3 Å². The number of nitrogens with one attached hydrogen (secondary N) is 1. The molecule has 1 aromatic carbocycles. The van der Waals surface area contributed by atoms with Crippen molar-refractivity contribution in [3.8, 4) is 5.75 Å². The van der Waals surface area contributed by atoms with Crippen molar-refractivity contribution in [1.29, 1.82) is 0 Å². The zero-order valence-corrected chi connectivity index (χ0v) is 12.8. The van der Waals surface area contributed by atoms with Gasteiger partial charge < -0.3 is 19.7 Å². The second kappa shape index (κ2) is 8.38. The Morgan fingerprint density at radius 3 is 2.73 bits per heavy atom. The summed E-state index contributed by atoms with van der Waals surface area (Å²) in [5.74, 6) is 0.422. The molecule has 6 heteroatoms. The van der Waals surface area contributed by atoms with Gasteiger partial charge in [-0.15, -0.1) is 0 Å². The topological polar surface area (TPSA) is 67.9 Å². The van der Waals surface area contributed by atoms with E-state index in [1.54, 1.807) is 12.0 Å². The number of rotatable bonds is 6. The van der Waals surface area contributed by atoms with Gasteiger partial charge in [-0.05, 0) is 18.1 Å². The minimum absolute atomic E-state index is 0.105. The first-order valence-electron chi connectivity index (χ1n) is 7.45. The average Bonchev–Trinajstić information content (AvgIpc) is 2.56. The van der Waals surface area contributed by atoms with Gasteiger partial charge >= 0.3 is 0 Å². The molecule has 1 saturated heterocycles. The summed E-state index contributed by atoms with van der Waals surface area (Å²) in [6.07, 6.45) is 0.563. The van der Waals surface area contributed by atoms with Gasteiger partial charge in [0, 0.05) is 19.6 Å². The highest BCUT2D eigenvalue weighted by Gasteiger charge is 2.19. The number of morpholine rings is 1. The molecule has 0 saturated carbocycles. The van der Waals surface area contributed by atoms with Gasteiger partial charge in [0.15, 0.2) is 0 Å². The Hall–Kier alpha value is -2.08. The number of amides is 2. The Kier molecular flexibility index (Phi) is 6.21. The molecule has 1 N–H and O–H groups in total. The van der Waals surface area contributed by atoms with Crippen LogP contribution >= 0.6 is 0 Å². The van der Waals surface area contributed by atoms with Crippen LogP contribution in [0.3, 0.4) is 0 Å². The molecule has 0 spiro atoms. The third kappa shape index (κ3) is 4.73. The largest absolute Gasteiger partial charge is 0.496 e. The molecule has 1 heterocycles. The molecule has 0 aliphatic carbocycles. The highest BCUT2D eigenvalue weighted by atomic mass is 16.5. The first kappa shape index (κ1) is 16.3. The third-order valence-electron chi connectivity index (χ3n) is 3.58. The maximum absolute atomic E-state index is 11.9. The fourth-order valence-electron chi connectivity index (χ4n) is 2.37. The van der Waals surface area contributed by atoms with Gasteiger partial charge in [-0.1, -0.05) is 18.2 Å². The number of hydrogen-bond acceptors (Lipinski definition) is 4. The number of methoxy groups -OCH3 is 1. The molecule has 0 atom stereocenters. The van der Waals surface area contributed by atoms with Gasteiger partial charge in [0.1, 0.15) is 12.2 Å². The fraction of sp³-hybridized carbons (Fsp3) is 0.500. The number of para-hydroxylation sites is 1. The molecule has 0 unspecified atom stereocenters. The minimum atomic E-state index is -0.244. The summed E-state index contributed by atoms with van der Waals surface area (Å²) in [4.78, 5) is 25.4. The zero-order valence-electron chi connectivity index (χ0n) is 12.8. The van der Waals surface area contributed by atoms with Crippen LogP contribution in [0.25, 0.3) is 0 Å². The lowest BCUT2D eigenvalue weighted by atomic mass is 10.1. The Bertz CT molecular complexity index is 513. The number of hydrogen-bond donors (Lipinski definition) is 1. The van der Waals surface area contributed by atoms with Gasteiger partial charge in [0.05, 0.1) is 20.3 Å². The number of nitrogens with zero attached hydrogens (tertiary/aromatic N) is 1. The van der Waals surface area contributed by atoms with Gasteiger partial charge in [0.25, 0.3) is 0 Å². The van der Waals surface area contributed by atoms with Crippen molar-refractivity contribution >= 4 is 11.8 Å². The van der Waals surface area contributed by atoms with E-state index < -0.39 is 0 Å². The molecule has 22 heavy (non-hydrogen) atoms. The van der Waals surface area contributed by atoms with Crippen LogP contribution in [0.2, 0.25) is 0 Å². The Labute approximate surface area is 130 Å². The summed E-state index contributed by atoms with van der Waals surface area (Å²) >= 11 is 0. The van der Waals surface area contributed by atoms with E-state index in [-0.39, 0.29) is 18.2 Å². The first-order valence-corrected chi connectivity index (χ1v) is 7.45. The molecule has 1 aliphatic heterocycles. The highest BCUT2D eigenvalue weighted by molar-refractivity contribution is 5.96. The molecular weight excluding hydrogens is 284 g/mol. The summed E-state index contributed by atoms with van der Waals surface area (Å²) < 4.78 is 10.4. The lowest BCUT2D eigenvalue weighted by Gasteiger charge is -2.26. The molecule has 0 radical (unpaired) electrons. The number of carbonyl (C=O) groups is 2. The second-order valence-electron chi connectivity index (χ2n) is 5.08. The van der Waals surface area contributed by atoms with Gasteiger partial charge in [0.2, 0.25) is 11.8 Å². The monoisotopic (exact) mass is 306 g/mol. The summed E-state index contributed by atoms with van der Waals surface area (Å²) in [6.45, 7) is 2.69. The molecule has 120 valence electrons. The third-order valence-corrected chi connectivity index (χ3v) is 3.58. The van der Waals surface area contributed by atoms with Gasteiger partial charge in [-0.3, -0.25) is 9.59 Å². The van der Waals surface area contributed by atoms with Crippen molar-refractivity contribution < 1.29 is 19.1 Å². The Morgan fingerprint density at radius 2 is 2.00 bits per heavy atom. The van der Waals surface area contributed by atoms with Crippen molar-refractivity contribution in [3.05, 3.63) is 29.8 Å². The van der Waals surface area contributed by atoms with Crippen LogP contribution in [0.15, 0.2) is 24.3 Å². The summed E-state index contributed by atoms with van der Waals surface area (Å²) in [5, 5.41) is 2.78. The summed E-state index contributed by atoms with van der Waals surface area (Å²) in [5.41, 5.74) is 1.03. The Balaban J connectivity index is 1.72. The Morgan fingerprint density at radius 1 is 1.27 bits per heavy atom. The number of ether oxygens (including phenoxy) is 2. The summed E-state index contributed by atoms with van der Waals surface area (Å²) in [7, 11) is 1.62. The van der Waals surface area contributed by atoms with Crippen LogP contribution in [0.1, 0.15) is 12.0 Å². The van der Waals surface area contributed by atoms with Crippen molar-refractivity contribution in [2.75, 3.05) is 40.0 Å². The molecular formula is C16H22N2O4. The van der Waals surface area contributed by atoms with Crippen LogP contribution in [-0.2, 0) is 20.7 Å². The summed E-state index contributed by atoms with van der Waals surface area (Å²) in [6, 6.07) is 7.69. The fourth-order valence-corrected chi connectivity index (χ4v) is 2.37. The van der Waals surface area contributed by atoms with E-state index in [1.807, 2.05) is 24.3 Å². The molecule has 2 rings (SSSR count). The van der Waals surface area contributed by atoms with Crippen LogP contribution in [0.4, 0.5) is 0 Å². The SMILES string of the molecule is COc1ccccc1CCNC(=O)CC(=O)N1CCOCC1. The van der Waals surface area contributed by atoms with E-state index in [1.165, 1.54) is 0 Å². The van der Waals surface area contributed by atoms with Crippen molar-refractivity contribution in [2.45, 2.75) is 12.8 Å². The first-order chi connectivity index (χ1) is 10.7. The van der Waals surface area contributed by atoms with Crippen LogP contribution < -0.4 is 10.1 Å². The van der Waals surface area contributed by atoms with E-state index >= 15 is 0 Å². The maximum atomic E-state index is 11.9. The van der Waals surface area contributed by atoms with Crippen molar-refractivity contribution in [1.82, 2.24) is 10.2 Å². The van der Waals surface area contributed by atoms with E-state index in [0.717, 1.165) is 11.3 Å². The lowest BCUT2D eigenvalue weighted by molar-refractivity contribution is -0.139. The van der Waals surface area contributed by atoms with Crippen LogP contribution in [0, 0.1) is 0 Å². The van der Waals surface area contributed by atoms with Crippen molar-refractivity contribution in [2.24, 2.45) is 0 Å². The predicted octanol–water partition coefficient (Wildman–Crippen LogP) is 0.603. The number of benzene rings is 1. The standard InChI is InChI=1S/C16H22N2O4/c1-21-14-5-3-2-4-13(14)6-7-17-15(19)12-16(20)18-8-10-22-11-9-18/h2-5H,6-12H2,1H3,(H,17,19). The molecule has 1 aliphatic rings. The molecule has 1 fully saturated rings. The smallest absolute Gasteiger partial charge is 0.232 e. The molecule has 0 aromatic heterocycles. The van der Waals surface area contributed by atoms with E-state index in [4.69, 9.17) is 9.47 Å². The normalized spacial score (nSPS) is 14.5. The predicted molar refractivity (Wildman–Crippen MR) is 81.7 cm³/mol. The van der Waals surface area contributed by atoms with E-state index in [9.17, 15) is 9.59 Å². The number of carbonyl (C=O) groups excluding carboxylic acids is 2. The lowest BCUT2D eigenvalue weighted by Crippen LogP contribution is -2.42. The molecule has 1 aromatic rings. The molecule has 6 nitrogen and oxygen atoms in total. The highest BCUT2D eigenvalue weighted by Crippen LogP contribution is 2.17. The molecule has 0 bridgehead atoms. The minimum Gasteiger partial charge on any atom is -0.496 e. The van der Waals surface area contributed by atoms with Crippen LogP contribution in [0.5, 0.6) is 5.75 Å². The molecule has 2 amide bonds. The van der Waals surface area contributed by atoms with Gasteiger partial charge in [-0.25, -0.2) is 0 Å². The van der Waals surface area contributed by atoms with Crippen molar-refractivity contribution in [3.63, 3.8) is 0 Å². The second-order valence-corrected chi connectivity index (χ2v) is 5.08. The van der Waals surface area contributed by atoms with Gasteiger partial charge in [-0.2, -0.15) is 0 Å². The van der Waals surface area contributed by atoms with E-state index in [2.05, 4.69) is 5.32 Å². The van der Waals surface area contributed by atoms with Crippen LogP contribution in [-0.4, -0.2) is 56.7 Å². The quantitative estimate of drug-likeness (QED) is 0.782. The maximum Gasteiger partial charge on any atom is 0.232 e. The zero-order chi connectivity index (χ0) is 15.8.